The molecule has 58 valence electrons. The number of hydrogen-bond acceptors (Lipinski definition) is 3. The van der Waals surface area contributed by atoms with Crippen LogP contribution in [0.5, 0.6) is 0 Å². The molecular formula is CH3Cl4O3P. The topological polar surface area (TPSA) is 60.7 Å². The molecule has 0 fully saturated rings. The Bertz CT molecular complexity index is 52.6. The third-order valence-corrected chi connectivity index (χ3v) is 0. The average Bonchev–Trinajstić information content (AvgIpc) is 1.19. The third-order valence-electron chi connectivity index (χ3n) is 0. The van der Waals surface area contributed by atoms with Crippen LogP contribution in [0.1, 0.15) is 0 Å². The molecule has 0 bridgehead atoms. The number of halogens is 4. The first-order valence-corrected chi connectivity index (χ1v) is 4.07. The van der Waals surface area contributed by atoms with Crippen molar-refractivity contribution < 1.29 is 14.7 Å². The fraction of sp³-hybridized carbons (Fsp3) is 1.00. The highest BCUT2D eigenvalue weighted by molar-refractivity contribution is 7.38. The Labute approximate surface area is 73.1 Å². The van der Waals surface area contributed by atoms with Gasteiger partial charge in [-0.25, -0.2) is 0 Å². The molecule has 3 nitrogen and oxygen atoms in total. The molecule has 0 aliphatic rings. The maximum atomic E-state index is 7.23. The summed E-state index contributed by atoms with van der Waals surface area (Å²) >= 11 is 19.3. The van der Waals surface area contributed by atoms with Crippen LogP contribution in [-0.4, -0.2) is 17.9 Å². The summed E-state index contributed by atoms with van der Waals surface area (Å²) < 4.78 is -1.61. The molecule has 0 saturated heterocycles. The zero-order chi connectivity index (χ0) is 8.08. The predicted octanol–water partition coefficient (Wildman–Crippen LogP) is 1.74. The van der Waals surface area contributed by atoms with Crippen molar-refractivity contribution in [1.29, 1.82) is 0 Å². The summed E-state index contributed by atoms with van der Waals surface area (Å²) in [5.74, 6) is 0. The molecule has 0 radical (unpaired) electrons. The molecule has 0 aliphatic carbocycles. The summed E-state index contributed by atoms with van der Waals surface area (Å²) in [5, 5.41) is 0. The molecule has 0 aliphatic heterocycles. The molecule has 0 atom stereocenters. The Kier molecular flexibility index (Phi) is 9.01. The van der Waals surface area contributed by atoms with Gasteiger partial charge in [-0.3, -0.25) is 0 Å². The summed E-state index contributed by atoms with van der Waals surface area (Å²) in [6.45, 7) is 0. The molecule has 0 heterocycles. The molecule has 9 heavy (non-hydrogen) atoms. The van der Waals surface area contributed by atoms with Gasteiger partial charge in [0.1, 0.15) is 0 Å². The van der Waals surface area contributed by atoms with Crippen LogP contribution in [0.2, 0.25) is 0 Å². The van der Waals surface area contributed by atoms with Crippen molar-refractivity contribution in [3.05, 3.63) is 0 Å². The van der Waals surface area contributed by atoms with Crippen LogP contribution in [0, 0.1) is 0 Å². The van der Waals surface area contributed by atoms with Crippen LogP contribution in [0.3, 0.4) is 0 Å². The molecule has 0 spiro atoms. The van der Waals surface area contributed by atoms with Gasteiger partial charge in [0.25, 0.3) is 3.25 Å². The maximum absolute atomic E-state index is 7.23. The lowest BCUT2D eigenvalue weighted by atomic mass is 11.8. The molecule has 3 N–H and O–H groups in total. The summed E-state index contributed by atoms with van der Waals surface area (Å²) in [5.41, 5.74) is 0. The zero-order valence-corrected chi connectivity index (χ0v) is 7.72. The second-order valence-electron chi connectivity index (χ2n) is 0.697. The van der Waals surface area contributed by atoms with Crippen molar-refractivity contribution in [1.82, 2.24) is 0 Å². The quantitative estimate of drug-likeness (QED) is 0.443. The first-order chi connectivity index (χ1) is 3.73. The van der Waals surface area contributed by atoms with Crippen LogP contribution in [-0.2, 0) is 0 Å². The first kappa shape index (κ1) is 13.1. The Morgan fingerprint density at radius 3 is 0.889 bits per heavy atom. The van der Waals surface area contributed by atoms with Gasteiger partial charge in [-0.05, 0) is 0 Å². The van der Waals surface area contributed by atoms with Crippen molar-refractivity contribution >= 4 is 55.0 Å². The molecule has 0 amide bonds. The second-order valence-corrected chi connectivity index (χ2v) is 4.66. The Morgan fingerprint density at radius 1 is 0.889 bits per heavy atom. The molecule has 8 heteroatoms. The minimum absolute atomic E-state index is 1.61. The fourth-order valence-electron chi connectivity index (χ4n) is 0. The molecule has 0 rings (SSSR count). The highest BCUT2D eigenvalue weighted by atomic mass is 35.6. The Hall–Kier alpha value is 1.47. The third kappa shape index (κ3) is 245. The highest BCUT2D eigenvalue weighted by Gasteiger charge is 2.11. The lowest BCUT2D eigenvalue weighted by Gasteiger charge is -1.91. The fourth-order valence-corrected chi connectivity index (χ4v) is 0. The van der Waals surface area contributed by atoms with E-state index in [9.17, 15) is 0 Å². The summed E-state index contributed by atoms with van der Waals surface area (Å²) in [6, 6.07) is 0. The van der Waals surface area contributed by atoms with Crippen molar-refractivity contribution in [2.45, 2.75) is 3.25 Å². The van der Waals surface area contributed by atoms with Gasteiger partial charge in [0, 0.05) is 0 Å². The highest BCUT2D eigenvalue weighted by Crippen LogP contribution is 2.29. The van der Waals surface area contributed by atoms with Gasteiger partial charge in [-0.2, -0.15) is 0 Å². The van der Waals surface area contributed by atoms with Gasteiger partial charge >= 0.3 is 8.60 Å². The zero-order valence-electron chi connectivity index (χ0n) is 3.80. The molecule has 0 aromatic carbocycles. The summed E-state index contributed by atoms with van der Waals surface area (Å²) in [4.78, 5) is 21.7. The van der Waals surface area contributed by atoms with Gasteiger partial charge in [-0.15, -0.1) is 0 Å². The Morgan fingerprint density at radius 2 is 0.889 bits per heavy atom. The van der Waals surface area contributed by atoms with Gasteiger partial charge in [0.15, 0.2) is 0 Å². The van der Waals surface area contributed by atoms with Crippen molar-refractivity contribution in [2.24, 2.45) is 0 Å². The van der Waals surface area contributed by atoms with Gasteiger partial charge < -0.3 is 14.7 Å². The number of hydrogen-bond donors (Lipinski definition) is 3. The Balaban J connectivity index is 0. The predicted molar refractivity (Wildman–Crippen MR) is 39.7 cm³/mol. The van der Waals surface area contributed by atoms with E-state index in [0.29, 0.717) is 0 Å². The molecule has 0 aromatic heterocycles. The summed E-state index contributed by atoms with van der Waals surface area (Å²) in [6.07, 6.45) is 0. The van der Waals surface area contributed by atoms with Gasteiger partial charge in [0.2, 0.25) is 0 Å². The summed E-state index contributed by atoms with van der Waals surface area (Å²) in [7, 11) is -2.62. The second kappa shape index (κ2) is 6.20. The lowest BCUT2D eigenvalue weighted by molar-refractivity contribution is 0.368. The van der Waals surface area contributed by atoms with Crippen LogP contribution in [0.25, 0.3) is 0 Å². The maximum Gasteiger partial charge on any atom is 0.324 e. The normalized spacial score (nSPS) is 10.7. The standard InChI is InChI=1S/CCl4.H3O3P/c2-1(3,4)5;1-4(2)3/h;1-3H. The van der Waals surface area contributed by atoms with Crippen LogP contribution in [0.15, 0.2) is 0 Å². The van der Waals surface area contributed by atoms with E-state index in [4.69, 9.17) is 61.1 Å². The van der Waals surface area contributed by atoms with E-state index in [1.807, 2.05) is 0 Å². The minimum atomic E-state index is -2.62. The van der Waals surface area contributed by atoms with Gasteiger partial charge in [-0.1, -0.05) is 46.4 Å². The average molecular weight is 236 g/mol. The first-order valence-electron chi connectivity index (χ1n) is 1.36. The van der Waals surface area contributed by atoms with Crippen molar-refractivity contribution in [2.75, 3.05) is 0 Å². The van der Waals surface area contributed by atoms with Crippen LogP contribution in [0.4, 0.5) is 0 Å². The number of alkyl halides is 4. The van der Waals surface area contributed by atoms with E-state index in [-0.39, 0.29) is 0 Å². The van der Waals surface area contributed by atoms with Crippen LogP contribution < -0.4 is 0 Å². The molecule has 0 saturated carbocycles. The minimum Gasteiger partial charge on any atom is -0.328 e. The van der Waals surface area contributed by atoms with E-state index in [0.717, 1.165) is 0 Å². The number of rotatable bonds is 0. The molecule has 0 aromatic rings. The molecular weight excluding hydrogens is 233 g/mol. The largest absolute Gasteiger partial charge is 0.328 e. The van der Waals surface area contributed by atoms with E-state index in [1.165, 1.54) is 0 Å². The van der Waals surface area contributed by atoms with E-state index < -0.39 is 11.9 Å². The molecule has 0 unspecified atom stereocenters. The van der Waals surface area contributed by atoms with Crippen LogP contribution >= 0.6 is 55.0 Å². The van der Waals surface area contributed by atoms with E-state index >= 15 is 0 Å². The lowest BCUT2D eigenvalue weighted by Crippen LogP contribution is -1.81. The van der Waals surface area contributed by atoms with Crippen molar-refractivity contribution in [3.63, 3.8) is 0 Å². The van der Waals surface area contributed by atoms with Crippen molar-refractivity contribution in [3.8, 4) is 0 Å². The monoisotopic (exact) mass is 234 g/mol. The van der Waals surface area contributed by atoms with Gasteiger partial charge in [0.05, 0.1) is 0 Å². The van der Waals surface area contributed by atoms with E-state index in [2.05, 4.69) is 0 Å². The smallest absolute Gasteiger partial charge is 0.324 e. The van der Waals surface area contributed by atoms with E-state index in [1.54, 1.807) is 0 Å². The SMILES string of the molecule is ClC(Cl)(Cl)Cl.OP(O)O.